The SMILES string of the molecule is Oc1cccc2c3c(ccc12)-c1ccccc1CO3. The van der Waals surface area contributed by atoms with Crippen LogP contribution >= 0.6 is 0 Å². The Balaban J connectivity index is 2.09. The summed E-state index contributed by atoms with van der Waals surface area (Å²) in [6, 6.07) is 17.8. The molecule has 2 nitrogen and oxygen atoms in total. The molecule has 19 heavy (non-hydrogen) atoms. The molecule has 0 amide bonds. The summed E-state index contributed by atoms with van der Waals surface area (Å²) >= 11 is 0. The number of benzene rings is 3. The summed E-state index contributed by atoms with van der Waals surface area (Å²) in [7, 11) is 0. The largest absolute Gasteiger partial charge is 0.507 e. The summed E-state index contributed by atoms with van der Waals surface area (Å²) in [5.74, 6) is 1.16. The van der Waals surface area contributed by atoms with Crippen molar-refractivity contribution in [2.24, 2.45) is 0 Å². The molecule has 0 atom stereocenters. The van der Waals surface area contributed by atoms with Crippen molar-refractivity contribution in [3.05, 3.63) is 60.2 Å². The van der Waals surface area contributed by atoms with Crippen molar-refractivity contribution in [2.75, 3.05) is 0 Å². The highest BCUT2D eigenvalue weighted by Crippen LogP contribution is 2.43. The topological polar surface area (TPSA) is 29.5 Å². The molecule has 2 heteroatoms. The van der Waals surface area contributed by atoms with Gasteiger partial charge in [0.15, 0.2) is 0 Å². The lowest BCUT2D eigenvalue weighted by molar-refractivity contribution is 0.306. The van der Waals surface area contributed by atoms with Crippen molar-refractivity contribution < 1.29 is 9.84 Å². The van der Waals surface area contributed by atoms with E-state index in [1.165, 1.54) is 11.1 Å². The molecule has 1 aliphatic rings. The van der Waals surface area contributed by atoms with Crippen LogP contribution in [0.15, 0.2) is 54.6 Å². The van der Waals surface area contributed by atoms with Gasteiger partial charge in [-0.1, -0.05) is 36.4 Å². The summed E-state index contributed by atoms with van der Waals surface area (Å²) in [4.78, 5) is 0. The number of rotatable bonds is 0. The lowest BCUT2D eigenvalue weighted by atomic mass is 9.94. The molecule has 0 radical (unpaired) electrons. The van der Waals surface area contributed by atoms with Crippen molar-refractivity contribution in [1.82, 2.24) is 0 Å². The Bertz CT molecular complexity index is 790. The Morgan fingerprint density at radius 2 is 1.68 bits per heavy atom. The molecule has 1 N–H and O–H groups in total. The first kappa shape index (κ1) is 10.4. The number of hydrogen-bond acceptors (Lipinski definition) is 2. The van der Waals surface area contributed by atoms with E-state index in [1.807, 2.05) is 36.4 Å². The maximum atomic E-state index is 9.91. The van der Waals surface area contributed by atoms with Crippen LogP contribution in [0.3, 0.4) is 0 Å². The van der Waals surface area contributed by atoms with Crippen LogP contribution in [0.5, 0.6) is 11.5 Å². The molecular weight excluding hydrogens is 236 g/mol. The average Bonchev–Trinajstić information content (AvgIpc) is 2.47. The molecule has 1 aliphatic heterocycles. The van der Waals surface area contributed by atoms with Gasteiger partial charge in [0, 0.05) is 16.3 Å². The van der Waals surface area contributed by atoms with Gasteiger partial charge in [0.05, 0.1) is 0 Å². The van der Waals surface area contributed by atoms with Crippen molar-refractivity contribution in [1.29, 1.82) is 0 Å². The third-order valence-electron chi connectivity index (χ3n) is 3.67. The Morgan fingerprint density at radius 3 is 2.63 bits per heavy atom. The molecule has 1 heterocycles. The molecule has 0 bridgehead atoms. The molecular formula is C17H12O2. The second kappa shape index (κ2) is 3.75. The van der Waals surface area contributed by atoms with Gasteiger partial charge in [0.2, 0.25) is 0 Å². The zero-order valence-corrected chi connectivity index (χ0v) is 10.3. The molecule has 3 aromatic carbocycles. The lowest BCUT2D eigenvalue weighted by Crippen LogP contribution is -2.05. The molecule has 3 aromatic rings. The maximum absolute atomic E-state index is 9.91. The van der Waals surface area contributed by atoms with E-state index in [0.29, 0.717) is 12.4 Å². The minimum Gasteiger partial charge on any atom is -0.507 e. The van der Waals surface area contributed by atoms with E-state index in [2.05, 4.69) is 12.1 Å². The van der Waals surface area contributed by atoms with Crippen LogP contribution in [0.1, 0.15) is 5.56 Å². The predicted octanol–water partition coefficient (Wildman–Crippen LogP) is 4.10. The molecule has 0 saturated heterocycles. The first-order valence-corrected chi connectivity index (χ1v) is 6.30. The van der Waals surface area contributed by atoms with Crippen molar-refractivity contribution in [3.8, 4) is 22.6 Å². The number of fused-ring (bicyclic) bond motifs is 5. The summed E-state index contributed by atoms with van der Waals surface area (Å²) in [5.41, 5.74) is 3.52. The van der Waals surface area contributed by atoms with Gasteiger partial charge in [0.25, 0.3) is 0 Å². The minimum absolute atomic E-state index is 0.294. The predicted molar refractivity (Wildman–Crippen MR) is 75.4 cm³/mol. The number of hydrogen-bond donors (Lipinski definition) is 1. The van der Waals surface area contributed by atoms with E-state index in [4.69, 9.17) is 4.74 Å². The van der Waals surface area contributed by atoms with E-state index in [-0.39, 0.29) is 0 Å². The average molecular weight is 248 g/mol. The third-order valence-corrected chi connectivity index (χ3v) is 3.67. The quantitative estimate of drug-likeness (QED) is 0.649. The van der Waals surface area contributed by atoms with E-state index in [9.17, 15) is 5.11 Å². The van der Waals surface area contributed by atoms with Gasteiger partial charge in [-0.05, 0) is 29.3 Å². The van der Waals surface area contributed by atoms with Crippen LogP contribution in [0.25, 0.3) is 21.9 Å². The Labute approximate surface area is 110 Å². The molecule has 0 aromatic heterocycles. The highest BCUT2D eigenvalue weighted by atomic mass is 16.5. The first-order valence-electron chi connectivity index (χ1n) is 6.30. The van der Waals surface area contributed by atoms with E-state index >= 15 is 0 Å². The van der Waals surface area contributed by atoms with Gasteiger partial charge in [-0.2, -0.15) is 0 Å². The fraction of sp³-hybridized carbons (Fsp3) is 0.0588. The number of phenolic OH excluding ortho intramolecular Hbond substituents is 1. The van der Waals surface area contributed by atoms with Crippen LogP contribution in [-0.4, -0.2) is 5.11 Å². The van der Waals surface area contributed by atoms with Crippen LogP contribution < -0.4 is 4.74 Å². The Hall–Kier alpha value is -2.48. The maximum Gasteiger partial charge on any atom is 0.135 e. The summed E-state index contributed by atoms with van der Waals surface area (Å²) in [5, 5.41) is 11.7. The molecule has 92 valence electrons. The Kier molecular flexibility index (Phi) is 2.06. The molecule has 0 fully saturated rings. The van der Waals surface area contributed by atoms with Crippen molar-refractivity contribution >= 4 is 10.8 Å². The van der Waals surface area contributed by atoms with Crippen LogP contribution in [0.2, 0.25) is 0 Å². The third kappa shape index (κ3) is 1.43. The van der Waals surface area contributed by atoms with E-state index in [0.717, 1.165) is 22.1 Å². The standard InChI is InChI=1S/C17H12O2/c18-16-7-3-6-14-13(16)8-9-15-12-5-2-1-4-11(12)10-19-17(14)15/h1-9,18H,10H2. The van der Waals surface area contributed by atoms with E-state index < -0.39 is 0 Å². The summed E-state index contributed by atoms with van der Waals surface area (Å²) in [6.45, 7) is 0.581. The number of ether oxygens (including phenoxy) is 1. The van der Waals surface area contributed by atoms with Crippen molar-refractivity contribution in [2.45, 2.75) is 6.61 Å². The van der Waals surface area contributed by atoms with Crippen LogP contribution in [-0.2, 0) is 6.61 Å². The number of aromatic hydroxyl groups is 1. The fourth-order valence-corrected chi connectivity index (χ4v) is 2.74. The second-order valence-corrected chi connectivity index (χ2v) is 4.76. The van der Waals surface area contributed by atoms with Gasteiger partial charge in [-0.25, -0.2) is 0 Å². The van der Waals surface area contributed by atoms with E-state index in [1.54, 1.807) is 6.07 Å². The zero-order chi connectivity index (χ0) is 12.8. The first-order chi connectivity index (χ1) is 9.34. The zero-order valence-electron chi connectivity index (χ0n) is 10.3. The Morgan fingerprint density at radius 1 is 0.789 bits per heavy atom. The smallest absolute Gasteiger partial charge is 0.135 e. The van der Waals surface area contributed by atoms with Gasteiger partial charge >= 0.3 is 0 Å². The summed E-state index contributed by atoms with van der Waals surface area (Å²) < 4.78 is 5.91. The van der Waals surface area contributed by atoms with Gasteiger partial charge in [-0.15, -0.1) is 0 Å². The number of phenols is 1. The van der Waals surface area contributed by atoms with Crippen LogP contribution in [0.4, 0.5) is 0 Å². The molecule has 0 aliphatic carbocycles. The van der Waals surface area contributed by atoms with Gasteiger partial charge in [0.1, 0.15) is 18.1 Å². The molecule has 0 saturated carbocycles. The molecule has 0 unspecified atom stereocenters. The normalized spacial score (nSPS) is 12.6. The highest BCUT2D eigenvalue weighted by Gasteiger charge is 2.19. The van der Waals surface area contributed by atoms with Crippen molar-refractivity contribution in [3.63, 3.8) is 0 Å². The summed E-state index contributed by atoms with van der Waals surface area (Å²) in [6.07, 6.45) is 0. The van der Waals surface area contributed by atoms with Gasteiger partial charge < -0.3 is 9.84 Å². The second-order valence-electron chi connectivity index (χ2n) is 4.76. The van der Waals surface area contributed by atoms with Gasteiger partial charge in [-0.3, -0.25) is 0 Å². The van der Waals surface area contributed by atoms with Crippen LogP contribution in [0, 0.1) is 0 Å². The minimum atomic E-state index is 0.294. The highest BCUT2D eigenvalue weighted by molar-refractivity contribution is 5.99. The monoisotopic (exact) mass is 248 g/mol. The molecule has 0 spiro atoms. The molecule has 4 rings (SSSR count). The lowest BCUT2D eigenvalue weighted by Gasteiger charge is -2.22. The fourth-order valence-electron chi connectivity index (χ4n) is 2.74.